The van der Waals surface area contributed by atoms with Crippen LogP contribution in [0.3, 0.4) is 0 Å². The van der Waals surface area contributed by atoms with Gasteiger partial charge in [0.2, 0.25) is 0 Å². The summed E-state index contributed by atoms with van der Waals surface area (Å²) in [5.74, 6) is -1.78. The molecule has 1 unspecified atom stereocenters. The second-order valence-electron chi connectivity index (χ2n) is 5.65. The maximum Gasteiger partial charge on any atom is 0.314 e. The van der Waals surface area contributed by atoms with Crippen molar-refractivity contribution in [2.75, 3.05) is 7.11 Å². The Labute approximate surface area is 122 Å². The first-order chi connectivity index (χ1) is 9.92. The fourth-order valence-electron chi connectivity index (χ4n) is 3.16. The molecular weight excluding hydrogens is 278 g/mol. The summed E-state index contributed by atoms with van der Waals surface area (Å²) in [6.45, 7) is 1.30. The van der Waals surface area contributed by atoms with Crippen LogP contribution in [-0.2, 0) is 10.2 Å². The standard InChI is InChI=1S/C16H20F2O3/c1-10(17)11-8-12(14(21-2)13(18)9-11)16(15(19)20)6-4-3-5-7-16/h8-10H,3-7H2,1-2H3,(H,19,20). The van der Waals surface area contributed by atoms with E-state index in [4.69, 9.17) is 4.74 Å². The van der Waals surface area contributed by atoms with Crippen molar-refractivity contribution < 1.29 is 23.4 Å². The van der Waals surface area contributed by atoms with E-state index in [1.54, 1.807) is 0 Å². The van der Waals surface area contributed by atoms with Crippen molar-refractivity contribution >= 4 is 5.97 Å². The van der Waals surface area contributed by atoms with E-state index in [1.807, 2.05) is 0 Å². The van der Waals surface area contributed by atoms with E-state index in [0.29, 0.717) is 12.8 Å². The highest BCUT2D eigenvalue weighted by molar-refractivity contribution is 5.83. The van der Waals surface area contributed by atoms with Gasteiger partial charge < -0.3 is 9.84 Å². The Morgan fingerprint density at radius 3 is 2.43 bits per heavy atom. The third-order valence-electron chi connectivity index (χ3n) is 4.36. The van der Waals surface area contributed by atoms with Gasteiger partial charge in [-0.1, -0.05) is 19.3 Å². The smallest absolute Gasteiger partial charge is 0.314 e. The van der Waals surface area contributed by atoms with Crippen molar-refractivity contribution in [2.45, 2.75) is 50.6 Å². The van der Waals surface area contributed by atoms with Crippen molar-refractivity contribution in [1.82, 2.24) is 0 Å². The minimum absolute atomic E-state index is 0.0799. The molecule has 1 fully saturated rings. The third-order valence-corrected chi connectivity index (χ3v) is 4.36. The Morgan fingerprint density at radius 1 is 1.33 bits per heavy atom. The van der Waals surface area contributed by atoms with Crippen LogP contribution in [0.5, 0.6) is 5.75 Å². The van der Waals surface area contributed by atoms with E-state index in [-0.39, 0.29) is 16.9 Å². The number of ether oxygens (including phenoxy) is 1. The van der Waals surface area contributed by atoms with Crippen LogP contribution in [0.15, 0.2) is 12.1 Å². The molecule has 0 bridgehead atoms. The van der Waals surface area contributed by atoms with Crippen molar-refractivity contribution in [2.24, 2.45) is 0 Å². The van der Waals surface area contributed by atoms with E-state index in [1.165, 1.54) is 20.1 Å². The van der Waals surface area contributed by atoms with Gasteiger partial charge in [0.25, 0.3) is 0 Å². The van der Waals surface area contributed by atoms with Crippen molar-refractivity contribution in [1.29, 1.82) is 0 Å². The molecule has 0 spiro atoms. The molecule has 1 aliphatic rings. The molecule has 0 aromatic heterocycles. The lowest BCUT2D eigenvalue weighted by molar-refractivity contribution is -0.145. The summed E-state index contributed by atoms with van der Waals surface area (Å²) in [5, 5.41) is 9.71. The van der Waals surface area contributed by atoms with Gasteiger partial charge in [-0.05, 0) is 37.5 Å². The highest BCUT2D eigenvalue weighted by atomic mass is 19.1. The lowest BCUT2D eigenvalue weighted by Crippen LogP contribution is -2.38. The minimum Gasteiger partial charge on any atom is -0.493 e. The molecular formula is C16H20F2O3. The number of halogens is 2. The second kappa shape index (κ2) is 6.00. The largest absolute Gasteiger partial charge is 0.493 e. The number of carbonyl (C=O) groups is 1. The van der Waals surface area contributed by atoms with Gasteiger partial charge in [-0.15, -0.1) is 0 Å². The summed E-state index contributed by atoms with van der Waals surface area (Å²) < 4.78 is 32.8. The summed E-state index contributed by atoms with van der Waals surface area (Å²) in [6.07, 6.45) is 1.95. The third kappa shape index (κ3) is 2.74. The summed E-state index contributed by atoms with van der Waals surface area (Å²) in [5.41, 5.74) is -0.777. The molecule has 0 amide bonds. The predicted octanol–water partition coefficient (Wildman–Crippen LogP) is 4.15. The van der Waals surface area contributed by atoms with Gasteiger partial charge in [-0.25, -0.2) is 8.78 Å². The molecule has 5 heteroatoms. The van der Waals surface area contributed by atoms with Crippen molar-refractivity contribution in [3.63, 3.8) is 0 Å². The fraction of sp³-hybridized carbons (Fsp3) is 0.562. The van der Waals surface area contributed by atoms with Crippen LogP contribution in [0.4, 0.5) is 8.78 Å². The molecule has 1 aliphatic carbocycles. The SMILES string of the molecule is COc1c(F)cc(C(C)F)cc1C1(C(=O)O)CCCCC1. The normalized spacial score (nSPS) is 19.0. The van der Waals surface area contributed by atoms with Crippen LogP contribution in [0.25, 0.3) is 0 Å². The molecule has 0 saturated heterocycles. The molecule has 1 atom stereocenters. The summed E-state index contributed by atoms with van der Waals surface area (Å²) in [7, 11) is 1.30. The van der Waals surface area contributed by atoms with Gasteiger partial charge in [0.1, 0.15) is 6.17 Å². The van der Waals surface area contributed by atoms with Gasteiger partial charge in [0.05, 0.1) is 12.5 Å². The number of carboxylic acids is 1. The zero-order valence-corrected chi connectivity index (χ0v) is 12.3. The van der Waals surface area contributed by atoms with E-state index in [9.17, 15) is 18.7 Å². The molecule has 0 heterocycles. The molecule has 1 N–H and O–H groups in total. The van der Waals surface area contributed by atoms with Gasteiger partial charge in [-0.3, -0.25) is 4.79 Å². The predicted molar refractivity (Wildman–Crippen MR) is 74.9 cm³/mol. The van der Waals surface area contributed by atoms with Crippen molar-refractivity contribution in [3.05, 3.63) is 29.1 Å². The van der Waals surface area contributed by atoms with Gasteiger partial charge in [-0.2, -0.15) is 0 Å². The molecule has 21 heavy (non-hydrogen) atoms. The first kappa shape index (κ1) is 15.7. The molecule has 1 aromatic carbocycles. The number of hydrogen-bond donors (Lipinski definition) is 1. The lowest BCUT2D eigenvalue weighted by atomic mass is 9.68. The zero-order valence-electron chi connectivity index (χ0n) is 12.3. The number of aliphatic carboxylic acids is 1. The van der Waals surface area contributed by atoms with E-state index in [0.717, 1.165) is 25.3 Å². The van der Waals surface area contributed by atoms with Crippen LogP contribution < -0.4 is 4.74 Å². The monoisotopic (exact) mass is 298 g/mol. The molecule has 2 rings (SSSR count). The van der Waals surface area contributed by atoms with Gasteiger partial charge in [0.15, 0.2) is 11.6 Å². The topological polar surface area (TPSA) is 46.5 Å². The highest BCUT2D eigenvalue weighted by Crippen LogP contribution is 2.45. The Balaban J connectivity index is 2.65. The van der Waals surface area contributed by atoms with Crippen molar-refractivity contribution in [3.8, 4) is 5.75 Å². The van der Waals surface area contributed by atoms with Crippen LogP contribution in [0, 0.1) is 5.82 Å². The molecule has 116 valence electrons. The average molecular weight is 298 g/mol. The number of hydrogen-bond acceptors (Lipinski definition) is 2. The minimum atomic E-state index is -1.36. The fourth-order valence-corrected chi connectivity index (χ4v) is 3.16. The first-order valence-electron chi connectivity index (χ1n) is 7.18. The number of rotatable bonds is 4. The van der Waals surface area contributed by atoms with E-state index >= 15 is 0 Å². The summed E-state index contributed by atoms with van der Waals surface area (Å²) in [6, 6.07) is 2.53. The quantitative estimate of drug-likeness (QED) is 0.908. The van der Waals surface area contributed by atoms with E-state index in [2.05, 4.69) is 0 Å². The Kier molecular flexibility index (Phi) is 4.49. The highest BCUT2D eigenvalue weighted by Gasteiger charge is 2.44. The number of methoxy groups -OCH3 is 1. The molecule has 0 radical (unpaired) electrons. The summed E-state index contributed by atoms with van der Waals surface area (Å²) >= 11 is 0. The number of alkyl halides is 1. The van der Waals surface area contributed by atoms with Gasteiger partial charge >= 0.3 is 5.97 Å². The molecule has 1 saturated carbocycles. The number of benzene rings is 1. The molecule has 1 aromatic rings. The lowest BCUT2D eigenvalue weighted by Gasteiger charge is -2.35. The Morgan fingerprint density at radius 2 is 1.95 bits per heavy atom. The Bertz CT molecular complexity index is 535. The second-order valence-corrected chi connectivity index (χ2v) is 5.65. The molecule has 0 aliphatic heterocycles. The maximum absolute atomic E-state index is 14.2. The maximum atomic E-state index is 14.2. The molecule has 3 nitrogen and oxygen atoms in total. The Hall–Kier alpha value is -1.65. The van der Waals surface area contributed by atoms with Crippen LogP contribution >= 0.6 is 0 Å². The van der Waals surface area contributed by atoms with E-state index < -0.39 is 23.4 Å². The van der Waals surface area contributed by atoms with Crippen LogP contribution in [0.1, 0.15) is 56.3 Å². The van der Waals surface area contributed by atoms with Crippen LogP contribution in [0.2, 0.25) is 0 Å². The first-order valence-corrected chi connectivity index (χ1v) is 7.18. The number of carboxylic acid groups (broad SMARTS) is 1. The van der Waals surface area contributed by atoms with Crippen LogP contribution in [-0.4, -0.2) is 18.2 Å². The summed E-state index contributed by atoms with van der Waals surface area (Å²) in [4.78, 5) is 11.9. The average Bonchev–Trinajstić information content (AvgIpc) is 2.46. The zero-order chi connectivity index (χ0) is 15.6. The van der Waals surface area contributed by atoms with Gasteiger partial charge in [0, 0.05) is 5.56 Å².